The van der Waals surface area contributed by atoms with Gasteiger partial charge in [-0.25, -0.2) is 9.97 Å². The van der Waals surface area contributed by atoms with Crippen molar-refractivity contribution in [3.05, 3.63) is 17.8 Å². The monoisotopic (exact) mass is 247 g/mol. The fourth-order valence-corrected chi connectivity index (χ4v) is 3.00. The number of fused-ring (bicyclic) bond motifs is 1. The molecule has 0 spiro atoms. The molecule has 0 radical (unpaired) electrons. The first-order chi connectivity index (χ1) is 8.38. The molecule has 0 aliphatic carbocycles. The first kappa shape index (κ1) is 10.7. The number of anilines is 1. The smallest absolute Gasteiger partial charge is 0.140 e. The first-order valence-corrected chi connectivity index (χ1v) is 6.65. The molecule has 1 fully saturated rings. The Labute approximate surface area is 103 Å². The quantitative estimate of drug-likeness (QED) is 0.762. The molecule has 1 aliphatic rings. The van der Waals surface area contributed by atoms with Crippen LogP contribution in [0.1, 0.15) is 12.8 Å². The molecule has 1 saturated heterocycles. The number of piperidine rings is 1. The van der Waals surface area contributed by atoms with E-state index < -0.39 is 0 Å². The van der Waals surface area contributed by atoms with Crippen LogP contribution in [0.25, 0.3) is 10.2 Å². The summed E-state index contributed by atoms with van der Waals surface area (Å²) in [7, 11) is 0. The van der Waals surface area contributed by atoms with E-state index in [2.05, 4.69) is 20.9 Å². The highest BCUT2D eigenvalue weighted by atomic mass is 32.1. The van der Waals surface area contributed by atoms with E-state index in [0.717, 1.165) is 48.3 Å². The molecular formula is C12H13N3OS. The van der Waals surface area contributed by atoms with Crippen molar-refractivity contribution in [3.63, 3.8) is 0 Å². The Morgan fingerprint density at radius 3 is 2.94 bits per heavy atom. The summed E-state index contributed by atoms with van der Waals surface area (Å²) in [5.41, 5.74) is 0. The maximum absolute atomic E-state index is 10.7. The maximum atomic E-state index is 10.7. The Morgan fingerprint density at radius 1 is 1.35 bits per heavy atom. The van der Waals surface area contributed by atoms with E-state index in [1.165, 1.54) is 0 Å². The minimum atomic E-state index is 0.228. The van der Waals surface area contributed by atoms with Crippen molar-refractivity contribution < 1.29 is 4.79 Å². The second kappa shape index (κ2) is 4.41. The van der Waals surface area contributed by atoms with Gasteiger partial charge in [0.25, 0.3) is 0 Å². The first-order valence-electron chi connectivity index (χ1n) is 5.77. The van der Waals surface area contributed by atoms with Crippen molar-refractivity contribution in [3.8, 4) is 0 Å². The molecule has 1 aliphatic heterocycles. The van der Waals surface area contributed by atoms with E-state index >= 15 is 0 Å². The SMILES string of the molecule is O=CC1CCN(c2ncnc3sccc23)CC1. The predicted octanol–water partition coefficient (Wildman–Crippen LogP) is 2.11. The zero-order valence-corrected chi connectivity index (χ0v) is 10.2. The highest BCUT2D eigenvalue weighted by Crippen LogP contribution is 2.29. The number of hydrogen-bond acceptors (Lipinski definition) is 5. The van der Waals surface area contributed by atoms with E-state index in [0.29, 0.717) is 0 Å². The lowest BCUT2D eigenvalue weighted by Gasteiger charge is -2.30. The van der Waals surface area contributed by atoms with Crippen LogP contribution in [0.3, 0.4) is 0 Å². The second-order valence-electron chi connectivity index (χ2n) is 4.30. The summed E-state index contributed by atoms with van der Waals surface area (Å²) < 4.78 is 0. The summed E-state index contributed by atoms with van der Waals surface area (Å²) >= 11 is 1.64. The fraction of sp³-hybridized carbons (Fsp3) is 0.417. The molecule has 88 valence electrons. The Hall–Kier alpha value is -1.49. The van der Waals surface area contributed by atoms with Crippen LogP contribution in [-0.2, 0) is 4.79 Å². The summed E-state index contributed by atoms with van der Waals surface area (Å²) in [6, 6.07) is 2.07. The molecule has 5 heteroatoms. The maximum Gasteiger partial charge on any atom is 0.140 e. The van der Waals surface area contributed by atoms with Crippen LogP contribution in [0.5, 0.6) is 0 Å². The number of carbonyl (C=O) groups is 1. The van der Waals surface area contributed by atoms with Crippen LogP contribution in [0.4, 0.5) is 5.82 Å². The molecule has 17 heavy (non-hydrogen) atoms. The second-order valence-corrected chi connectivity index (χ2v) is 5.19. The Bertz CT molecular complexity index is 531. The average Bonchev–Trinajstić information content (AvgIpc) is 2.87. The van der Waals surface area contributed by atoms with Crippen molar-refractivity contribution in [2.45, 2.75) is 12.8 Å². The molecule has 0 aromatic carbocycles. The van der Waals surface area contributed by atoms with Crippen LogP contribution in [0, 0.1) is 5.92 Å². The highest BCUT2D eigenvalue weighted by Gasteiger charge is 2.21. The molecule has 0 N–H and O–H groups in total. The molecule has 0 unspecified atom stereocenters. The van der Waals surface area contributed by atoms with Crippen molar-refractivity contribution in [2.75, 3.05) is 18.0 Å². The van der Waals surface area contributed by atoms with Crippen LogP contribution in [-0.4, -0.2) is 29.3 Å². The number of rotatable bonds is 2. The van der Waals surface area contributed by atoms with Gasteiger partial charge in [-0.05, 0) is 24.3 Å². The van der Waals surface area contributed by atoms with Gasteiger partial charge in [0.05, 0.1) is 5.39 Å². The summed E-state index contributed by atoms with van der Waals surface area (Å²) in [5.74, 6) is 1.24. The molecule has 2 aromatic rings. The molecule has 4 nitrogen and oxygen atoms in total. The largest absolute Gasteiger partial charge is 0.356 e. The lowest BCUT2D eigenvalue weighted by atomic mass is 9.98. The van der Waals surface area contributed by atoms with Gasteiger partial charge in [0.2, 0.25) is 0 Å². The van der Waals surface area contributed by atoms with E-state index in [-0.39, 0.29) is 5.92 Å². The minimum absolute atomic E-state index is 0.228. The number of nitrogens with zero attached hydrogens (tertiary/aromatic N) is 3. The van der Waals surface area contributed by atoms with Crippen LogP contribution < -0.4 is 4.90 Å². The van der Waals surface area contributed by atoms with Crippen molar-refractivity contribution in [2.24, 2.45) is 5.92 Å². The molecule has 2 aromatic heterocycles. The predicted molar refractivity (Wildman–Crippen MR) is 68.4 cm³/mol. The van der Waals surface area contributed by atoms with Gasteiger partial charge >= 0.3 is 0 Å². The summed E-state index contributed by atoms with van der Waals surface area (Å²) in [6.07, 6.45) is 4.57. The van der Waals surface area contributed by atoms with E-state index in [4.69, 9.17) is 0 Å². The van der Waals surface area contributed by atoms with Gasteiger partial charge in [-0.1, -0.05) is 0 Å². The third kappa shape index (κ3) is 1.91. The van der Waals surface area contributed by atoms with Gasteiger partial charge in [0.15, 0.2) is 0 Å². The van der Waals surface area contributed by atoms with Gasteiger partial charge in [0.1, 0.15) is 23.3 Å². The third-order valence-corrected chi connectivity index (χ3v) is 4.09. The van der Waals surface area contributed by atoms with Gasteiger partial charge in [-0.2, -0.15) is 0 Å². The fourth-order valence-electron chi connectivity index (χ4n) is 2.28. The lowest BCUT2D eigenvalue weighted by Crippen LogP contribution is -2.34. The van der Waals surface area contributed by atoms with E-state index in [1.54, 1.807) is 17.7 Å². The highest BCUT2D eigenvalue weighted by molar-refractivity contribution is 7.16. The van der Waals surface area contributed by atoms with Crippen molar-refractivity contribution in [1.82, 2.24) is 9.97 Å². The normalized spacial score (nSPS) is 17.5. The minimum Gasteiger partial charge on any atom is -0.356 e. The Balaban J connectivity index is 1.89. The number of aldehydes is 1. The average molecular weight is 247 g/mol. The molecular weight excluding hydrogens is 234 g/mol. The molecule has 0 bridgehead atoms. The number of thiophene rings is 1. The van der Waals surface area contributed by atoms with Crippen LogP contribution in [0.2, 0.25) is 0 Å². The summed E-state index contributed by atoms with van der Waals surface area (Å²) in [6.45, 7) is 1.82. The van der Waals surface area contributed by atoms with Gasteiger partial charge in [-0.3, -0.25) is 0 Å². The number of carbonyl (C=O) groups excluding carboxylic acids is 1. The molecule has 3 rings (SSSR count). The molecule has 0 amide bonds. The summed E-state index contributed by atoms with van der Waals surface area (Å²) in [4.78, 5) is 22.7. The molecule has 3 heterocycles. The Morgan fingerprint density at radius 2 is 2.18 bits per heavy atom. The standard InChI is InChI=1S/C12H13N3OS/c16-7-9-1-4-15(5-2-9)11-10-3-6-17-12(10)14-8-13-11/h3,6-9H,1-2,4-5H2. The molecule has 0 saturated carbocycles. The zero-order chi connectivity index (χ0) is 11.7. The van der Waals surface area contributed by atoms with Crippen LogP contribution in [0.15, 0.2) is 17.8 Å². The van der Waals surface area contributed by atoms with Gasteiger partial charge in [-0.15, -0.1) is 11.3 Å². The van der Waals surface area contributed by atoms with Gasteiger partial charge in [0, 0.05) is 19.0 Å². The zero-order valence-electron chi connectivity index (χ0n) is 9.37. The number of aromatic nitrogens is 2. The molecule has 0 atom stereocenters. The third-order valence-electron chi connectivity index (χ3n) is 3.27. The topological polar surface area (TPSA) is 46.1 Å². The summed E-state index contributed by atoms with van der Waals surface area (Å²) in [5, 5.41) is 3.17. The van der Waals surface area contributed by atoms with Crippen molar-refractivity contribution >= 4 is 33.7 Å². The van der Waals surface area contributed by atoms with E-state index in [9.17, 15) is 4.79 Å². The Kier molecular flexibility index (Phi) is 2.76. The van der Waals surface area contributed by atoms with Gasteiger partial charge < -0.3 is 9.69 Å². The van der Waals surface area contributed by atoms with Crippen molar-refractivity contribution in [1.29, 1.82) is 0 Å². The van der Waals surface area contributed by atoms with Crippen LogP contribution >= 0.6 is 11.3 Å². The number of hydrogen-bond donors (Lipinski definition) is 0. The van der Waals surface area contributed by atoms with E-state index in [1.807, 2.05) is 5.38 Å². The lowest BCUT2D eigenvalue weighted by molar-refractivity contribution is -0.111.